The zero-order valence-corrected chi connectivity index (χ0v) is 23.9. The normalized spacial score (nSPS) is 26.8. The Bertz CT molecular complexity index is 1850. The number of aliphatic hydroxyl groups is 2. The number of amides is 3. The van der Waals surface area contributed by atoms with Crippen molar-refractivity contribution in [1.29, 1.82) is 0 Å². The second kappa shape index (κ2) is 10.8. The molecule has 0 aromatic heterocycles. The van der Waals surface area contributed by atoms with Crippen LogP contribution >= 0.6 is 0 Å². The number of aliphatic hydroxyl groups excluding tert-OH is 2. The largest absolute Gasteiger partial charge is 0.507 e. The van der Waals surface area contributed by atoms with Crippen LogP contribution in [-0.2, 0) is 15.1 Å². The number of carbonyl (C=O) groups excluding carboxylic acids is 4. The van der Waals surface area contributed by atoms with Gasteiger partial charge in [-0.1, -0.05) is 23.7 Å². The molecule has 6 atom stereocenters. The van der Waals surface area contributed by atoms with E-state index in [0.717, 1.165) is 0 Å². The predicted octanol–water partition coefficient (Wildman–Crippen LogP) is -0.0414. The molecule has 0 radical (unpaired) electrons. The molecule has 10 N–H and O–H groups in total. The number of nitrogens with two attached hydrogens (primary N) is 2. The summed E-state index contributed by atoms with van der Waals surface area (Å²) in [4.78, 5) is 51.5. The van der Waals surface area contributed by atoms with Crippen LogP contribution in [0.25, 0.3) is 0 Å². The average molecular weight is 612 g/mol. The number of epoxide rings is 1. The smallest absolute Gasteiger partial charge is 0.312 e. The number of hydrogen-bond acceptors (Lipinski definition) is 10. The molecule has 13 heteroatoms. The molecule has 1 saturated heterocycles. The minimum absolute atomic E-state index is 0.0101. The van der Waals surface area contributed by atoms with Gasteiger partial charge in [0.1, 0.15) is 11.8 Å². The molecule has 1 unspecified atom stereocenters. The third-order valence-corrected chi connectivity index (χ3v) is 8.55. The first-order valence-corrected chi connectivity index (χ1v) is 14.2. The summed E-state index contributed by atoms with van der Waals surface area (Å²) in [5.41, 5.74) is 7.84. The molecule has 1 fully saturated rings. The molecule has 45 heavy (non-hydrogen) atoms. The molecule has 2 heterocycles. The number of ether oxygens (including phenoxy) is 1. The summed E-state index contributed by atoms with van der Waals surface area (Å²) < 4.78 is 6.17. The lowest BCUT2D eigenvalue weighted by atomic mass is 9.69. The highest BCUT2D eigenvalue weighted by Gasteiger charge is 2.82. The van der Waals surface area contributed by atoms with Crippen LogP contribution in [0.2, 0.25) is 0 Å². The Balaban J connectivity index is 1.39. The molecule has 0 saturated carbocycles. The lowest BCUT2D eigenvalue weighted by Gasteiger charge is -2.37. The molecular formula is C32H29N5O8. The van der Waals surface area contributed by atoms with Crippen molar-refractivity contribution in [3.8, 4) is 29.4 Å². The summed E-state index contributed by atoms with van der Waals surface area (Å²) in [5.74, 6) is 8.82. The number of aromatic hydroxyl groups is 1. The Morgan fingerprint density at radius 3 is 2.53 bits per heavy atom. The van der Waals surface area contributed by atoms with Gasteiger partial charge in [-0.3, -0.25) is 14.4 Å². The van der Waals surface area contributed by atoms with Gasteiger partial charge in [-0.25, -0.2) is 4.79 Å². The van der Waals surface area contributed by atoms with Crippen LogP contribution in [0.15, 0.2) is 36.4 Å². The van der Waals surface area contributed by atoms with Gasteiger partial charge in [0, 0.05) is 28.9 Å². The first kappa shape index (κ1) is 29.9. The highest BCUT2D eigenvalue weighted by molar-refractivity contribution is 6.31. The van der Waals surface area contributed by atoms with E-state index in [1.807, 2.05) is 0 Å². The number of urea groups is 1. The number of rotatable bonds is 7. The number of ketones is 2. The summed E-state index contributed by atoms with van der Waals surface area (Å²) in [5, 5.41) is 41.6. The number of hydrogen-bond donors (Lipinski definition) is 8. The van der Waals surface area contributed by atoms with Crippen LogP contribution in [0.4, 0.5) is 16.2 Å². The van der Waals surface area contributed by atoms with E-state index in [1.54, 1.807) is 0 Å². The van der Waals surface area contributed by atoms with Crippen molar-refractivity contribution in [2.45, 2.75) is 55.3 Å². The van der Waals surface area contributed by atoms with E-state index >= 15 is 0 Å². The molecule has 3 amide bonds. The van der Waals surface area contributed by atoms with Crippen LogP contribution in [-0.4, -0.2) is 75.3 Å². The maximum Gasteiger partial charge on any atom is 0.312 e. The number of nitrogens with one attached hydrogen (secondary N) is 3. The average Bonchev–Trinajstić information content (AvgIpc) is 3.73. The molecule has 230 valence electrons. The SMILES string of the molecule is CC(O)[C@]12O[C@]13c1cc(O)c4c(c1N[C@H]2C#C/C=C\C#C[C@H]3O)C(=O)c1cc(NC(=O)[C@@H](N)CCCNC(N)=O)ccc1C4=O. The highest BCUT2D eigenvalue weighted by Crippen LogP contribution is 2.67. The summed E-state index contributed by atoms with van der Waals surface area (Å²) in [6, 6.07) is 2.84. The molecule has 2 aromatic carbocycles. The van der Waals surface area contributed by atoms with E-state index in [1.165, 1.54) is 43.3 Å². The van der Waals surface area contributed by atoms with Crippen molar-refractivity contribution in [2.24, 2.45) is 11.5 Å². The molecule has 2 aliphatic heterocycles. The topological polar surface area (TPSA) is 230 Å². The van der Waals surface area contributed by atoms with Crippen LogP contribution in [0.1, 0.15) is 57.2 Å². The fourth-order valence-electron chi connectivity index (χ4n) is 6.42. The van der Waals surface area contributed by atoms with E-state index in [0.29, 0.717) is 6.42 Å². The Kier molecular flexibility index (Phi) is 7.15. The lowest BCUT2D eigenvalue weighted by molar-refractivity contribution is -0.117. The second-order valence-electron chi connectivity index (χ2n) is 11.2. The van der Waals surface area contributed by atoms with E-state index in [9.17, 15) is 34.5 Å². The summed E-state index contributed by atoms with van der Waals surface area (Å²) in [6.45, 7) is 1.72. The van der Waals surface area contributed by atoms with Crippen molar-refractivity contribution < 1.29 is 39.2 Å². The number of fused-ring (bicyclic) bond motifs is 4. The number of allylic oxidation sites excluding steroid dienone is 2. The van der Waals surface area contributed by atoms with Gasteiger partial charge < -0.3 is 47.5 Å². The standard InChI is InChI=1S/C32H29N5O8/c1-15(38)31-22-8-4-2-3-5-9-23(40)32(31,45-31)19-14-21(39)24-25(26(19)37-22)28(42)18-13-16(10-11-17(18)27(24)41)36-29(43)20(33)7-6-12-35-30(34)44/h2-3,10-11,13-15,20,22-23,37-40H,6-7,12,33H2,1H3,(H,36,43)(H3,34,35,44)/b3-2-/t15?,20-,22-,23+,31+,32-/m0/s1. The summed E-state index contributed by atoms with van der Waals surface area (Å²) in [6.07, 6.45) is 0.888. The van der Waals surface area contributed by atoms with Crippen molar-refractivity contribution in [1.82, 2.24) is 5.32 Å². The van der Waals surface area contributed by atoms with Gasteiger partial charge in [-0.15, -0.1) is 0 Å². The second-order valence-corrected chi connectivity index (χ2v) is 11.2. The molecular weight excluding hydrogens is 582 g/mol. The number of primary amides is 1. The Morgan fingerprint density at radius 2 is 1.82 bits per heavy atom. The maximum absolute atomic E-state index is 14.2. The van der Waals surface area contributed by atoms with Crippen molar-refractivity contribution in [3.05, 3.63) is 64.2 Å². The van der Waals surface area contributed by atoms with Gasteiger partial charge in [0.05, 0.1) is 29.0 Å². The highest BCUT2D eigenvalue weighted by atomic mass is 16.7. The van der Waals surface area contributed by atoms with E-state index < -0.39 is 64.7 Å². The third kappa shape index (κ3) is 4.44. The van der Waals surface area contributed by atoms with Crippen molar-refractivity contribution in [2.75, 3.05) is 17.2 Å². The molecule has 2 bridgehead atoms. The minimum atomic E-state index is -1.69. The van der Waals surface area contributed by atoms with Crippen LogP contribution < -0.4 is 27.4 Å². The summed E-state index contributed by atoms with van der Waals surface area (Å²) >= 11 is 0. The first-order chi connectivity index (χ1) is 21.4. The van der Waals surface area contributed by atoms with Crippen molar-refractivity contribution in [3.63, 3.8) is 0 Å². The zero-order chi connectivity index (χ0) is 32.3. The van der Waals surface area contributed by atoms with Crippen molar-refractivity contribution >= 4 is 34.9 Å². The molecule has 0 spiro atoms. The number of phenols is 1. The predicted molar refractivity (Wildman–Crippen MR) is 160 cm³/mol. The Morgan fingerprint density at radius 1 is 1.11 bits per heavy atom. The quantitative estimate of drug-likeness (QED) is 0.0769. The Labute approximate surface area is 257 Å². The van der Waals surface area contributed by atoms with Gasteiger partial charge >= 0.3 is 6.03 Å². The molecule has 2 aliphatic carbocycles. The van der Waals surface area contributed by atoms with Crippen LogP contribution in [0, 0.1) is 23.7 Å². The van der Waals surface area contributed by atoms with E-state index in [4.69, 9.17) is 16.2 Å². The van der Waals surface area contributed by atoms with Gasteiger partial charge in [0.15, 0.2) is 28.9 Å². The minimum Gasteiger partial charge on any atom is -0.507 e. The fraction of sp³-hybridized carbons (Fsp3) is 0.312. The number of anilines is 2. The van der Waals surface area contributed by atoms with E-state index in [2.05, 4.69) is 39.6 Å². The molecule has 2 aromatic rings. The zero-order valence-electron chi connectivity index (χ0n) is 23.9. The monoisotopic (exact) mass is 611 g/mol. The first-order valence-electron chi connectivity index (χ1n) is 14.2. The number of phenolic OH excluding ortho intramolecular Hbond substituents is 1. The van der Waals surface area contributed by atoms with Gasteiger partial charge in [-0.2, -0.15) is 0 Å². The van der Waals surface area contributed by atoms with E-state index in [-0.39, 0.29) is 52.2 Å². The third-order valence-electron chi connectivity index (χ3n) is 8.55. The van der Waals surface area contributed by atoms with Crippen LogP contribution in [0.3, 0.4) is 0 Å². The molecule has 6 rings (SSSR count). The summed E-state index contributed by atoms with van der Waals surface area (Å²) in [7, 11) is 0. The van der Waals surface area contributed by atoms with Gasteiger partial charge in [0.25, 0.3) is 0 Å². The number of carbonyl (C=O) groups is 4. The Hall–Kier alpha value is -5.18. The number of benzene rings is 2. The van der Waals surface area contributed by atoms with Crippen LogP contribution in [0.5, 0.6) is 5.75 Å². The van der Waals surface area contributed by atoms with Gasteiger partial charge in [0.2, 0.25) is 5.91 Å². The molecule has 13 nitrogen and oxygen atoms in total. The fourth-order valence-corrected chi connectivity index (χ4v) is 6.42. The maximum atomic E-state index is 14.2. The van der Waals surface area contributed by atoms with Gasteiger partial charge in [-0.05, 0) is 56.2 Å². The molecule has 4 aliphatic rings. The lowest BCUT2D eigenvalue weighted by Crippen LogP contribution is -2.54.